The van der Waals surface area contributed by atoms with Crippen LogP contribution in [0.5, 0.6) is 0 Å². The fraction of sp³-hybridized carbons (Fsp3) is 1.00. The Balaban J connectivity index is 1.51. The van der Waals surface area contributed by atoms with Crippen molar-refractivity contribution in [3.8, 4) is 0 Å². The van der Waals surface area contributed by atoms with Crippen LogP contribution in [0.1, 0.15) is 64.2 Å². The lowest BCUT2D eigenvalue weighted by Gasteiger charge is -2.63. The summed E-state index contributed by atoms with van der Waals surface area (Å²) in [6, 6.07) is 0. The predicted molar refractivity (Wildman–Crippen MR) is 79.2 cm³/mol. The molecule has 1 nitrogen and oxygen atoms in total. The molecule has 2 unspecified atom stereocenters. The molecule has 0 aromatic carbocycles. The summed E-state index contributed by atoms with van der Waals surface area (Å²) in [6.45, 7) is 0. The molecule has 1 N–H and O–H groups in total. The summed E-state index contributed by atoms with van der Waals surface area (Å²) >= 11 is 2.20. The number of rotatable bonds is 1. The molecule has 0 spiro atoms. The van der Waals surface area contributed by atoms with E-state index >= 15 is 0 Å². The zero-order valence-electron chi connectivity index (χ0n) is 11.8. The molecular weight excluding hydrogens is 252 g/mol. The van der Waals surface area contributed by atoms with Crippen molar-refractivity contribution in [2.24, 2.45) is 23.2 Å². The maximum Gasteiger partial charge on any atom is 0.0725 e. The van der Waals surface area contributed by atoms with Gasteiger partial charge in [-0.25, -0.2) is 0 Å². The van der Waals surface area contributed by atoms with Crippen LogP contribution in [-0.4, -0.2) is 21.2 Å². The maximum atomic E-state index is 11.6. The third-order valence-corrected chi connectivity index (χ3v) is 8.93. The molecule has 2 aliphatic heterocycles. The van der Waals surface area contributed by atoms with Crippen LogP contribution < -0.4 is 0 Å². The summed E-state index contributed by atoms with van der Waals surface area (Å²) in [4.78, 5) is 0. The minimum absolute atomic E-state index is 0.278. The zero-order valence-corrected chi connectivity index (χ0v) is 12.6. The van der Waals surface area contributed by atoms with Crippen molar-refractivity contribution < 1.29 is 5.11 Å². The lowest BCUT2D eigenvalue weighted by atomic mass is 9.44. The van der Waals surface area contributed by atoms with Crippen LogP contribution >= 0.6 is 11.8 Å². The van der Waals surface area contributed by atoms with Crippen molar-refractivity contribution in [3.63, 3.8) is 0 Å². The van der Waals surface area contributed by atoms with Gasteiger partial charge in [0, 0.05) is 10.5 Å². The Morgan fingerprint density at radius 1 is 0.737 bits per heavy atom. The number of hydrogen-bond donors (Lipinski definition) is 1. The van der Waals surface area contributed by atoms with Gasteiger partial charge in [-0.2, -0.15) is 11.8 Å². The van der Waals surface area contributed by atoms with Crippen LogP contribution in [-0.2, 0) is 0 Å². The van der Waals surface area contributed by atoms with Crippen LogP contribution in [0.25, 0.3) is 0 Å². The highest BCUT2D eigenvalue weighted by Gasteiger charge is 2.62. The summed E-state index contributed by atoms with van der Waals surface area (Å²) in [7, 11) is 0. The Morgan fingerprint density at radius 2 is 1.21 bits per heavy atom. The highest BCUT2D eigenvalue weighted by molar-refractivity contribution is 8.00. The van der Waals surface area contributed by atoms with Gasteiger partial charge >= 0.3 is 0 Å². The molecule has 6 aliphatic rings. The molecule has 0 radical (unpaired) electrons. The van der Waals surface area contributed by atoms with Crippen LogP contribution in [0.15, 0.2) is 0 Å². The first-order valence-corrected chi connectivity index (χ1v) is 9.46. The largest absolute Gasteiger partial charge is 0.389 e. The van der Waals surface area contributed by atoms with Gasteiger partial charge in [-0.15, -0.1) is 0 Å². The number of thioether (sulfide) groups is 1. The molecule has 0 aromatic heterocycles. The number of aliphatic hydroxyl groups is 1. The Hall–Kier alpha value is 0.310. The third kappa shape index (κ3) is 1.59. The SMILES string of the molecule is OC1(C23CC4CC(CC(C4)C2)C3)CC2CCC(C1)S2. The second kappa shape index (κ2) is 3.74. The van der Waals surface area contributed by atoms with E-state index < -0.39 is 0 Å². The predicted octanol–water partition coefficient (Wildman–Crippen LogP) is 3.99. The quantitative estimate of drug-likeness (QED) is 0.782. The normalized spacial score (nSPS) is 62.7. The van der Waals surface area contributed by atoms with Gasteiger partial charge in [-0.1, -0.05) is 0 Å². The standard InChI is InChI=1S/C17H26OS/c18-17(9-14-1-2-15(10-17)19-14)16-6-11-3-12(7-16)5-13(4-11)8-16/h11-15,18H,1-10H2. The lowest BCUT2D eigenvalue weighted by Crippen LogP contribution is -2.60. The summed E-state index contributed by atoms with van der Waals surface area (Å²) < 4.78 is 0. The molecule has 4 aliphatic carbocycles. The van der Waals surface area contributed by atoms with Gasteiger partial charge in [0.25, 0.3) is 0 Å². The second-order valence-electron chi connectivity index (χ2n) is 8.60. The van der Waals surface area contributed by atoms with E-state index in [0.29, 0.717) is 5.41 Å². The molecule has 2 heterocycles. The van der Waals surface area contributed by atoms with Crippen molar-refractivity contribution in [1.29, 1.82) is 0 Å². The van der Waals surface area contributed by atoms with Crippen molar-refractivity contribution in [2.75, 3.05) is 0 Å². The van der Waals surface area contributed by atoms with Gasteiger partial charge in [0.2, 0.25) is 0 Å². The summed E-state index contributed by atoms with van der Waals surface area (Å²) in [5.74, 6) is 2.92. The molecule has 2 saturated heterocycles. The second-order valence-corrected chi connectivity index (χ2v) is 10.2. The monoisotopic (exact) mass is 278 g/mol. The molecule has 6 rings (SSSR count). The van der Waals surface area contributed by atoms with Crippen LogP contribution in [0, 0.1) is 23.2 Å². The Bertz CT molecular complexity index is 357. The summed E-state index contributed by atoms with van der Waals surface area (Å²) in [5, 5.41) is 13.2. The third-order valence-electron chi connectivity index (χ3n) is 7.35. The summed E-state index contributed by atoms with van der Waals surface area (Å²) in [6.07, 6.45) is 13.6. The zero-order chi connectivity index (χ0) is 12.7. The van der Waals surface area contributed by atoms with Gasteiger partial charge in [-0.3, -0.25) is 0 Å². The summed E-state index contributed by atoms with van der Waals surface area (Å²) in [5.41, 5.74) is 0.0731. The van der Waals surface area contributed by atoms with E-state index in [1.165, 1.54) is 51.4 Å². The van der Waals surface area contributed by atoms with E-state index in [1.807, 2.05) is 0 Å². The molecule has 19 heavy (non-hydrogen) atoms. The van der Waals surface area contributed by atoms with Crippen molar-refractivity contribution >= 4 is 11.8 Å². The first-order valence-electron chi connectivity index (χ1n) is 8.52. The van der Waals surface area contributed by atoms with Crippen LogP contribution in [0.4, 0.5) is 0 Å². The minimum Gasteiger partial charge on any atom is -0.389 e. The fourth-order valence-electron chi connectivity index (χ4n) is 7.03. The lowest BCUT2D eigenvalue weighted by molar-refractivity contribution is -0.184. The van der Waals surface area contributed by atoms with Crippen molar-refractivity contribution in [1.82, 2.24) is 0 Å². The molecule has 6 bridgehead atoms. The topological polar surface area (TPSA) is 20.2 Å². The molecular formula is C17H26OS. The van der Waals surface area contributed by atoms with Crippen LogP contribution in [0.2, 0.25) is 0 Å². The first-order chi connectivity index (χ1) is 9.14. The minimum atomic E-state index is -0.278. The molecule has 6 fully saturated rings. The highest BCUT2D eigenvalue weighted by atomic mass is 32.2. The molecule has 0 amide bonds. The van der Waals surface area contributed by atoms with Gasteiger partial charge in [0.05, 0.1) is 5.60 Å². The van der Waals surface area contributed by atoms with E-state index in [9.17, 15) is 5.11 Å². The maximum absolute atomic E-state index is 11.6. The van der Waals surface area contributed by atoms with Gasteiger partial charge in [0.1, 0.15) is 0 Å². The van der Waals surface area contributed by atoms with Gasteiger partial charge in [0.15, 0.2) is 0 Å². The molecule has 106 valence electrons. The molecule has 2 heteroatoms. The van der Waals surface area contributed by atoms with Crippen LogP contribution in [0.3, 0.4) is 0 Å². The Morgan fingerprint density at radius 3 is 1.68 bits per heavy atom. The van der Waals surface area contributed by atoms with Gasteiger partial charge in [-0.05, 0) is 87.4 Å². The van der Waals surface area contributed by atoms with E-state index in [2.05, 4.69) is 11.8 Å². The average Bonchev–Trinajstić information content (AvgIpc) is 2.67. The van der Waals surface area contributed by atoms with E-state index in [4.69, 9.17) is 0 Å². The molecule has 0 aromatic rings. The Labute approximate surface area is 120 Å². The Kier molecular flexibility index (Phi) is 2.34. The van der Waals surface area contributed by atoms with Crippen molar-refractivity contribution in [3.05, 3.63) is 0 Å². The molecule has 4 saturated carbocycles. The number of fused-ring (bicyclic) bond motifs is 2. The van der Waals surface area contributed by atoms with Crippen molar-refractivity contribution in [2.45, 2.75) is 80.3 Å². The highest BCUT2D eigenvalue weighted by Crippen LogP contribution is 2.67. The fourth-order valence-corrected chi connectivity index (χ4v) is 8.86. The number of hydrogen-bond acceptors (Lipinski definition) is 2. The molecule has 2 atom stereocenters. The van der Waals surface area contributed by atoms with E-state index in [1.54, 1.807) is 0 Å². The van der Waals surface area contributed by atoms with E-state index in [-0.39, 0.29) is 5.60 Å². The first kappa shape index (κ1) is 11.9. The smallest absolute Gasteiger partial charge is 0.0725 e. The van der Waals surface area contributed by atoms with Gasteiger partial charge < -0.3 is 5.11 Å². The van der Waals surface area contributed by atoms with E-state index in [0.717, 1.165) is 41.1 Å². The average molecular weight is 278 g/mol.